The number of anilines is 2. The highest BCUT2D eigenvalue weighted by atomic mass is 19.4. The zero-order chi connectivity index (χ0) is 19.9. The fraction of sp³-hybridized carbons (Fsp3) is 0.412. The molecular formula is C17H18F3N7O. The second-order valence-corrected chi connectivity index (χ2v) is 6.59. The van der Waals surface area contributed by atoms with E-state index in [1.165, 1.54) is 21.7 Å². The minimum absolute atomic E-state index is 0.0376. The van der Waals surface area contributed by atoms with Crippen molar-refractivity contribution in [2.45, 2.75) is 38.2 Å². The number of halogens is 3. The molecule has 1 aliphatic heterocycles. The highest BCUT2D eigenvalue weighted by Crippen LogP contribution is 2.35. The van der Waals surface area contributed by atoms with Crippen molar-refractivity contribution < 1.29 is 18.3 Å². The van der Waals surface area contributed by atoms with Gasteiger partial charge in [0, 0.05) is 12.7 Å². The average Bonchev–Trinajstić information content (AvgIpc) is 3.25. The lowest BCUT2D eigenvalue weighted by molar-refractivity contribution is -0.146. The Bertz CT molecular complexity index is 976. The third-order valence-corrected chi connectivity index (χ3v) is 4.72. The van der Waals surface area contributed by atoms with E-state index in [1.807, 2.05) is 0 Å². The van der Waals surface area contributed by atoms with E-state index in [4.69, 9.17) is 0 Å². The van der Waals surface area contributed by atoms with E-state index < -0.39 is 18.4 Å². The van der Waals surface area contributed by atoms with E-state index in [2.05, 4.69) is 25.6 Å². The van der Waals surface area contributed by atoms with Gasteiger partial charge in [-0.05, 0) is 44.0 Å². The van der Waals surface area contributed by atoms with Crippen LogP contribution in [0.3, 0.4) is 0 Å². The summed E-state index contributed by atoms with van der Waals surface area (Å²) in [6, 6.07) is 4.85. The topological polar surface area (TPSA) is 91.5 Å². The molecule has 1 fully saturated rings. The lowest BCUT2D eigenvalue weighted by atomic mass is 10.2. The summed E-state index contributed by atoms with van der Waals surface area (Å²) in [5, 5.41) is 25.3. The lowest BCUT2D eigenvalue weighted by Crippen LogP contribution is -2.41. The Morgan fingerprint density at radius 2 is 2.11 bits per heavy atom. The third-order valence-electron chi connectivity index (χ3n) is 4.72. The quantitative estimate of drug-likeness (QED) is 0.658. The van der Waals surface area contributed by atoms with Crippen LogP contribution in [0.4, 0.5) is 24.8 Å². The SMILES string of the molecule is Cc1nc2ccc(N3CCC[C@H]3C(F)(F)F)nn2c1C(O)Nc1cccnn1. The average molecular weight is 393 g/mol. The normalized spacial score (nSPS) is 18.6. The Morgan fingerprint density at radius 3 is 2.82 bits per heavy atom. The molecule has 0 radical (unpaired) electrons. The second-order valence-electron chi connectivity index (χ2n) is 6.59. The highest BCUT2D eigenvalue weighted by molar-refractivity contribution is 5.50. The minimum atomic E-state index is -4.33. The molecule has 1 saturated heterocycles. The van der Waals surface area contributed by atoms with Gasteiger partial charge in [0.25, 0.3) is 0 Å². The predicted octanol–water partition coefficient (Wildman–Crippen LogP) is 2.46. The van der Waals surface area contributed by atoms with Crippen molar-refractivity contribution >= 4 is 17.3 Å². The molecule has 3 aromatic rings. The Kier molecular flexibility index (Phi) is 4.53. The summed E-state index contributed by atoms with van der Waals surface area (Å²) in [6.07, 6.45) is -3.57. The number of aliphatic hydroxyl groups excluding tert-OH is 1. The van der Waals surface area contributed by atoms with E-state index >= 15 is 0 Å². The molecule has 148 valence electrons. The van der Waals surface area contributed by atoms with Crippen LogP contribution in [0, 0.1) is 6.92 Å². The zero-order valence-electron chi connectivity index (χ0n) is 14.9. The van der Waals surface area contributed by atoms with Gasteiger partial charge in [-0.1, -0.05) is 0 Å². The molecule has 0 aromatic carbocycles. The summed E-state index contributed by atoms with van der Waals surface area (Å²) >= 11 is 0. The summed E-state index contributed by atoms with van der Waals surface area (Å²) in [7, 11) is 0. The van der Waals surface area contributed by atoms with Gasteiger partial charge in [0.05, 0.1) is 5.69 Å². The van der Waals surface area contributed by atoms with Crippen LogP contribution in [-0.4, -0.2) is 48.7 Å². The van der Waals surface area contributed by atoms with Crippen LogP contribution in [-0.2, 0) is 0 Å². The molecule has 0 bridgehead atoms. The molecule has 4 heterocycles. The first kappa shape index (κ1) is 18.4. The van der Waals surface area contributed by atoms with Gasteiger partial charge >= 0.3 is 6.18 Å². The van der Waals surface area contributed by atoms with Crippen LogP contribution in [0.1, 0.15) is 30.5 Å². The second kappa shape index (κ2) is 6.89. The van der Waals surface area contributed by atoms with Crippen molar-refractivity contribution in [2.75, 3.05) is 16.8 Å². The number of fused-ring (bicyclic) bond motifs is 1. The van der Waals surface area contributed by atoms with Crippen molar-refractivity contribution in [3.05, 3.63) is 41.9 Å². The van der Waals surface area contributed by atoms with Gasteiger partial charge in [-0.3, -0.25) is 0 Å². The molecule has 1 aliphatic rings. The fourth-order valence-corrected chi connectivity index (χ4v) is 3.49. The number of nitrogens with one attached hydrogen (secondary N) is 1. The molecule has 2 N–H and O–H groups in total. The van der Waals surface area contributed by atoms with Gasteiger partial charge in [-0.25, -0.2) is 9.50 Å². The van der Waals surface area contributed by atoms with Crippen molar-refractivity contribution in [3.63, 3.8) is 0 Å². The van der Waals surface area contributed by atoms with Gasteiger partial charge in [-0.2, -0.15) is 18.3 Å². The van der Waals surface area contributed by atoms with Crippen LogP contribution >= 0.6 is 0 Å². The Hall–Kier alpha value is -2.95. The standard InChI is InChI=1S/C17H18F3N7O/c1-10-15(16(28)23-12-5-2-8-21-24-12)27-13(22-10)6-7-14(25-27)26-9-3-4-11(26)17(18,19)20/h2,5-8,11,16,28H,3-4,9H2,1H3,(H,23,24)/t11-,16?/m0/s1. The van der Waals surface area contributed by atoms with Gasteiger partial charge < -0.3 is 15.3 Å². The molecule has 8 nitrogen and oxygen atoms in total. The molecule has 28 heavy (non-hydrogen) atoms. The number of nitrogens with zero attached hydrogens (tertiary/aromatic N) is 6. The van der Waals surface area contributed by atoms with E-state index in [1.54, 1.807) is 25.1 Å². The molecule has 11 heteroatoms. The first-order valence-corrected chi connectivity index (χ1v) is 8.76. The fourth-order valence-electron chi connectivity index (χ4n) is 3.49. The number of imidazole rings is 1. The molecule has 1 unspecified atom stereocenters. The first-order chi connectivity index (χ1) is 13.3. The number of hydrogen-bond acceptors (Lipinski definition) is 7. The summed E-state index contributed by atoms with van der Waals surface area (Å²) < 4.78 is 41.3. The lowest BCUT2D eigenvalue weighted by Gasteiger charge is -2.27. The van der Waals surface area contributed by atoms with E-state index in [-0.39, 0.29) is 18.8 Å². The summed E-state index contributed by atoms with van der Waals surface area (Å²) in [6.45, 7) is 1.96. The van der Waals surface area contributed by atoms with Crippen molar-refractivity contribution in [1.29, 1.82) is 0 Å². The van der Waals surface area contributed by atoms with E-state index in [0.717, 1.165) is 0 Å². The summed E-state index contributed by atoms with van der Waals surface area (Å²) in [4.78, 5) is 5.59. The number of hydrogen-bond donors (Lipinski definition) is 2. The smallest absolute Gasteiger partial charge is 0.368 e. The van der Waals surface area contributed by atoms with Crippen LogP contribution in [0.15, 0.2) is 30.5 Å². The van der Waals surface area contributed by atoms with Gasteiger partial charge in [-0.15, -0.1) is 10.2 Å². The number of aryl methyl sites for hydroxylation is 1. The maximum atomic E-state index is 13.3. The molecule has 4 rings (SSSR count). The number of rotatable bonds is 4. The number of aliphatic hydroxyl groups is 1. The maximum Gasteiger partial charge on any atom is 0.408 e. The first-order valence-electron chi connectivity index (χ1n) is 8.76. The van der Waals surface area contributed by atoms with E-state index in [0.29, 0.717) is 29.3 Å². The molecule has 0 amide bonds. The van der Waals surface area contributed by atoms with Crippen LogP contribution in [0.2, 0.25) is 0 Å². The zero-order valence-corrected chi connectivity index (χ0v) is 14.9. The highest BCUT2D eigenvalue weighted by Gasteiger charge is 2.46. The Labute approximate surface area is 158 Å². The van der Waals surface area contributed by atoms with Crippen LogP contribution in [0.5, 0.6) is 0 Å². The number of aromatic nitrogens is 5. The largest absolute Gasteiger partial charge is 0.408 e. The van der Waals surface area contributed by atoms with Gasteiger partial charge in [0.1, 0.15) is 17.6 Å². The Morgan fingerprint density at radius 1 is 1.29 bits per heavy atom. The summed E-state index contributed by atoms with van der Waals surface area (Å²) in [5.74, 6) is 0.537. The maximum absolute atomic E-state index is 13.3. The third kappa shape index (κ3) is 3.33. The predicted molar refractivity (Wildman–Crippen MR) is 94.8 cm³/mol. The van der Waals surface area contributed by atoms with Gasteiger partial charge in [0.2, 0.25) is 0 Å². The van der Waals surface area contributed by atoms with Gasteiger partial charge in [0.15, 0.2) is 17.7 Å². The van der Waals surface area contributed by atoms with E-state index in [9.17, 15) is 18.3 Å². The summed E-state index contributed by atoms with van der Waals surface area (Å²) in [5.41, 5.74) is 1.26. The van der Waals surface area contributed by atoms with Crippen molar-refractivity contribution in [2.24, 2.45) is 0 Å². The molecule has 0 saturated carbocycles. The van der Waals surface area contributed by atoms with Crippen molar-refractivity contribution in [1.82, 2.24) is 24.8 Å². The van der Waals surface area contributed by atoms with Crippen LogP contribution < -0.4 is 10.2 Å². The molecule has 2 atom stereocenters. The Balaban J connectivity index is 1.70. The molecule has 0 spiro atoms. The monoisotopic (exact) mass is 393 g/mol. The van der Waals surface area contributed by atoms with Crippen LogP contribution in [0.25, 0.3) is 5.65 Å². The number of alkyl halides is 3. The van der Waals surface area contributed by atoms with Crippen molar-refractivity contribution in [3.8, 4) is 0 Å². The molecule has 0 aliphatic carbocycles. The molecular weight excluding hydrogens is 375 g/mol. The molecule has 3 aromatic heterocycles. The minimum Gasteiger partial charge on any atom is -0.368 e.